The molecule has 0 aromatic heterocycles. The fourth-order valence-electron chi connectivity index (χ4n) is 1.48. The first kappa shape index (κ1) is 36.7. The molecule has 0 aliphatic carbocycles. The van der Waals surface area contributed by atoms with Crippen molar-refractivity contribution in [3.05, 3.63) is 0 Å². The number of carboxylic acids is 4. The van der Waals surface area contributed by atoms with Gasteiger partial charge in [-0.3, -0.25) is 29.0 Å². The number of aliphatic carboxylic acids is 4. The first-order chi connectivity index (χ1) is 9.20. The third-order valence-corrected chi connectivity index (χ3v) is 2.17. The fraction of sp³-hybridized carbons (Fsp3) is 0.600. The SMILES string of the molecule is O=C(O)CN(CCN(CC(=O)O)CC(=O)O)CC(=O)O.[H+].[NaH].[NaH].[NaH].[NaH]. The predicted octanol–water partition coefficient (Wildman–Crippen LogP) is -4.55. The van der Waals surface area contributed by atoms with Crippen molar-refractivity contribution in [3.63, 3.8) is 0 Å². The van der Waals surface area contributed by atoms with E-state index in [9.17, 15) is 19.2 Å². The van der Waals surface area contributed by atoms with E-state index >= 15 is 0 Å². The second-order valence-corrected chi connectivity index (χ2v) is 4.00. The number of carbonyl (C=O) groups is 4. The zero-order valence-electron chi connectivity index (χ0n) is 11.6. The van der Waals surface area contributed by atoms with Crippen LogP contribution in [0.25, 0.3) is 0 Å². The van der Waals surface area contributed by atoms with Gasteiger partial charge in [-0.2, -0.15) is 0 Å². The Hall–Kier alpha value is 1.80. The summed E-state index contributed by atoms with van der Waals surface area (Å²) in [6.45, 7) is -2.25. The number of hydrogen-bond donors (Lipinski definition) is 4. The van der Waals surface area contributed by atoms with Crippen molar-refractivity contribution < 1.29 is 41.0 Å². The molecule has 10 nitrogen and oxygen atoms in total. The molecule has 0 radical (unpaired) electrons. The average Bonchev–Trinajstić information content (AvgIpc) is 2.22. The molecule has 0 rings (SSSR count). The molecule has 0 heterocycles. The van der Waals surface area contributed by atoms with Crippen LogP contribution in [0.1, 0.15) is 1.43 Å². The number of hydrogen-bond acceptors (Lipinski definition) is 6. The van der Waals surface area contributed by atoms with Gasteiger partial charge in [-0.15, -0.1) is 0 Å². The van der Waals surface area contributed by atoms with E-state index in [2.05, 4.69) is 0 Å². The van der Waals surface area contributed by atoms with Crippen molar-refractivity contribution in [3.8, 4) is 0 Å². The monoisotopic (exact) mass is 389 g/mol. The van der Waals surface area contributed by atoms with Crippen molar-refractivity contribution in [2.24, 2.45) is 0 Å². The summed E-state index contributed by atoms with van der Waals surface area (Å²) in [4.78, 5) is 44.4. The van der Waals surface area contributed by atoms with Gasteiger partial charge >= 0.3 is 144 Å². The van der Waals surface area contributed by atoms with E-state index in [0.29, 0.717) is 0 Å². The van der Waals surface area contributed by atoms with E-state index in [0.717, 1.165) is 9.80 Å². The van der Waals surface area contributed by atoms with Gasteiger partial charge in [0.1, 0.15) is 0 Å². The molecule has 0 aromatic rings. The van der Waals surface area contributed by atoms with Gasteiger partial charge in [0.05, 0.1) is 26.2 Å². The fourth-order valence-corrected chi connectivity index (χ4v) is 1.48. The number of nitrogens with zero attached hydrogens (tertiary/aromatic N) is 2. The van der Waals surface area contributed by atoms with Gasteiger partial charge in [-0.1, -0.05) is 0 Å². The van der Waals surface area contributed by atoms with Gasteiger partial charge < -0.3 is 20.4 Å². The van der Waals surface area contributed by atoms with Gasteiger partial charge in [-0.25, -0.2) is 0 Å². The molecule has 122 valence electrons. The Morgan fingerprint density at radius 2 is 0.708 bits per heavy atom. The Bertz CT molecular complexity index is 337. The van der Waals surface area contributed by atoms with E-state index in [1.54, 1.807) is 0 Å². The van der Waals surface area contributed by atoms with Gasteiger partial charge in [0.15, 0.2) is 0 Å². The zero-order valence-corrected chi connectivity index (χ0v) is 10.6. The summed E-state index contributed by atoms with van der Waals surface area (Å²) in [7, 11) is 0. The molecule has 14 heteroatoms. The molecule has 0 amide bonds. The quantitative estimate of drug-likeness (QED) is 0.254. The third kappa shape index (κ3) is 23.8. The summed E-state index contributed by atoms with van der Waals surface area (Å²) in [6.07, 6.45) is 0. The second kappa shape index (κ2) is 21.1. The molecule has 0 saturated heterocycles. The van der Waals surface area contributed by atoms with E-state index < -0.39 is 50.1 Å². The summed E-state index contributed by atoms with van der Waals surface area (Å²) in [5.74, 6) is -4.91. The molecule has 0 aliphatic rings. The molecule has 0 aromatic carbocycles. The van der Waals surface area contributed by atoms with Crippen molar-refractivity contribution >= 4 is 142 Å². The van der Waals surface area contributed by atoms with Crippen LogP contribution in [-0.2, 0) is 19.2 Å². The Morgan fingerprint density at radius 3 is 0.833 bits per heavy atom. The Labute approximate surface area is 229 Å². The van der Waals surface area contributed by atoms with Crippen LogP contribution < -0.4 is 0 Å². The molecule has 0 unspecified atom stereocenters. The van der Waals surface area contributed by atoms with Gasteiger partial charge in [-0.05, 0) is 0 Å². The number of carboxylic acid groups (broad SMARTS) is 4. The second-order valence-electron chi connectivity index (χ2n) is 4.00. The van der Waals surface area contributed by atoms with Gasteiger partial charge in [0.25, 0.3) is 0 Å². The minimum atomic E-state index is -1.23. The minimum absolute atomic E-state index is 0. The van der Waals surface area contributed by atoms with E-state index in [1.165, 1.54) is 0 Å². The Morgan fingerprint density at radius 1 is 0.542 bits per heavy atom. The van der Waals surface area contributed by atoms with Gasteiger partial charge in [0, 0.05) is 13.1 Å². The van der Waals surface area contributed by atoms with Gasteiger partial charge in [0.2, 0.25) is 0 Å². The van der Waals surface area contributed by atoms with E-state index in [-0.39, 0.29) is 133 Å². The molecular weight excluding hydrogens is 368 g/mol. The molecule has 0 bridgehead atoms. The van der Waals surface area contributed by atoms with Crippen LogP contribution in [0.5, 0.6) is 0 Å². The molecule has 0 spiro atoms. The maximum atomic E-state index is 10.6. The van der Waals surface area contributed by atoms with E-state index in [4.69, 9.17) is 20.4 Å². The average molecular weight is 389 g/mol. The predicted molar refractivity (Wildman–Crippen MR) is 93.1 cm³/mol. The Kier molecular flexibility index (Phi) is 32.3. The van der Waals surface area contributed by atoms with Crippen molar-refractivity contribution in [2.45, 2.75) is 0 Å². The first-order valence-electron chi connectivity index (χ1n) is 5.52. The summed E-state index contributed by atoms with van der Waals surface area (Å²) in [5.41, 5.74) is 0. The standard InChI is InChI=1S/C10H16N2O8.4Na.4H/c13-7(14)3-11(4-8(15)16)1-2-12(5-9(17)18)6-10(19)20;;;;;;;;/h1-6H2,(H,13,14)(H,15,16)(H,17,18)(H,19,20);;;;;;;;/p+1. The molecule has 0 atom stereocenters. The van der Waals surface area contributed by atoms with Crippen LogP contribution in [0.15, 0.2) is 0 Å². The third-order valence-electron chi connectivity index (χ3n) is 2.17. The van der Waals surface area contributed by atoms with Crippen molar-refractivity contribution in [1.29, 1.82) is 0 Å². The summed E-state index contributed by atoms with van der Waals surface area (Å²) in [6, 6.07) is 0. The number of rotatable bonds is 11. The van der Waals surface area contributed by atoms with Crippen LogP contribution in [0, 0.1) is 0 Å². The first-order valence-corrected chi connectivity index (χ1v) is 5.52. The van der Waals surface area contributed by atoms with Crippen LogP contribution in [-0.4, -0.2) is 212 Å². The van der Waals surface area contributed by atoms with Crippen molar-refractivity contribution in [1.82, 2.24) is 9.80 Å². The molecule has 0 saturated carbocycles. The molecule has 0 fully saturated rings. The van der Waals surface area contributed by atoms with Crippen LogP contribution in [0.4, 0.5) is 0 Å². The van der Waals surface area contributed by atoms with Crippen LogP contribution in [0.3, 0.4) is 0 Å². The molecule has 0 aliphatic heterocycles. The topological polar surface area (TPSA) is 156 Å². The normalized spacial score (nSPS) is 8.92. The summed E-state index contributed by atoms with van der Waals surface area (Å²) < 4.78 is 0. The van der Waals surface area contributed by atoms with E-state index in [1.807, 2.05) is 0 Å². The van der Waals surface area contributed by atoms with Crippen LogP contribution in [0.2, 0.25) is 0 Å². The molecule has 24 heavy (non-hydrogen) atoms. The zero-order chi connectivity index (χ0) is 15.7. The summed E-state index contributed by atoms with van der Waals surface area (Å²) in [5, 5.41) is 34.5. The van der Waals surface area contributed by atoms with Crippen LogP contribution >= 0.6 is 0 Å². The summed E-state index contributed by atoms with van der Waals surface area (Å²) >= 11 is 0. The van der Waals surface area contributed by atoms with Crippen molar-refractivity contribution in [2.75, 3.05) is 39.3 Å². The maximum absolute atomic E-state index is 10.6. The molecular formula is C10H21N2Na4O8+. The molecule has 4 N–H and O–H groups in total. The Balaban J connectivity index is -0.000000180.